The predicted molar refractivity (Wildman–Crippen MR) is 42.0 cm³/mol. The minimum Gasteiger partial charge on any atom is -0.336 e. The van der Waals surface area contributed by atoms with Crippen molar-refractivity contribution in [3.05, 3.63) is 18.2 Å². The van der Waals surface area contributed by atoms with Crippen molar-refractivity contribution in [1.82, 2.24) is 9.55 Å². The van der Waals surface area contributed by atoms with Gasteiger partial charge in [0.05, 0.1) is 0 Å². The van der Waals surface area contributed by atoms with Crippen molar-refractivity contribution in [2.24, 2.45) is 7.05 Å². The van der Waals surface area contributed by atoms with Crippen molar-refractivity contribution >= 4 is 23.0 Å². The molecule has 0 spiro atoms. The fraction of sp³-hybridized carbons (Fsp3) is 0.400. The Morgan fingerprint density at radius 2 is 2.67 bits per heavy atom. The standard InChI is InChI=1S/C5H7IN2O/c1-8-3-2-7-5(8)4-9-6/h2-3H,4H2,1H3. The van der Waals surface area contributed by atoms with E-state index in [1.807, 2.05) is 40.8 Å². The third kappa shape index (κ3) is 1.65. The molecule has 0 aliphatic heterocycles. The maximum absolute atomic E-state index is 4.85. The lowest BCUT2D eigenvalue weighted by Gasteiger charge is -1.95. The number of aryl methyl sites for hydroxylation is 1. The lowest BCUT2D eigenvalue weighted by atomic mass is 10.6. The third-order valence-corrected chi connectivity index (χ3v) is 1.42. The van der Waals surface area contributed by atoms with Crippen LogP contribution in [0, 0.1) is 0 Å². The minimum absolute atomic E-state index is 0.573. The molecule has 0 radical (unpaired) electrons. The SMILES string of the molecule is Cn1ccnc1COI. The monoisotopic (exact) mass is 238 g/mol. The van der Waals surface area contributed by atoms with Gasteiger partial charge in [0, 0.05) is 19.4 Å². The van der Waals surface area contributed by atoms with Crippen molar-refractivity contribution in [3.8, 4) is 0 Å². The average molecular weight is 238 g/mol. The Kier molecular flexibility index (Phi) is 2.47. The van der Waals surface area contributed by atoms with Gasteiger partial charge in [-0.3, -0.25) is 0 Å². The molecule has 0 N–H and O–H groups in total. The molecular formula is C5H7IN2O. The molecule has 0 aliphatic carbocycles. The summed E-state index contributed by atoms with van der Waals surface area (Å²) in [6.45, 7) is 0.573. The molecule has 0 unspecified atom stereocenters. The van der Waals surface area contributed by atoms with Gasteiger partial charge in [0.2, 0.25) is 0 Å². The molecule has 0 atom stereocenters. The molecule has 9 heavy (non-hydrogen) atoms. The van der Waals surface area contributed by atoms with Crippen LogP contribution in [0.5, 0.6) is 0 Å². The average Bonchev–Trinajstić information content (AvgIpc) is 2.18. The molecule has 0 aliphatic rings. The third-order valence-electron chi connectivity index (χ3n) is 1.10. The Labute approximate surface area is 67.7 Å². The summed E-state index contributed by atoms with van der Waals surface area (Å²) in [7, 11) is 1.94. The van der Waals surface area contributed by atoms with Gasteiger partial charge in [0.1, 0.15) is 35.4 Å². The molecular weight excluding hydrogens is 231 g/mol. The number of aromatic nitrogens is 2. The first kappa shape index (κ1) is 7.01. The van der Waals surface area contributed by atoms with Gasteiger partial charge in [-0.05, 0) is 0 Å². The molecule has 1 aromatic rings. The van der Waals surface area contributed by atoms with Crippen LogP contribution in [0.15, 0.2) is 12.4 Å². The Hall–Kier alpha value is -0.100. The van der Waals surface area contributed by atoms with Crippen molar-refractivity contribution in [2.45, 2.75) is 6.61 Å². The smallest absolute Gasteiger partial charge is 0.135 e. The normalized spacial score (nSPS) is 10.0. The van der Waals surface area contributed by atoms with E-state index >= 15 is 0 Å². The van der Waals surface area contributed by atoms with E-state index < -0.39 is 0 Å². The van der Waals surface area contributed by atoms with Gasteiger partial charge in [-0.15, -0.1) is 0 Å². The van der Waals surface area contributed by atoms with Crippen LogP contribution in [-0.2, 0) is 16.7 Å². The topological polar surface area (TPSA) is 27.1 Å². The van der Waals surface area contributed by atoms with E-state index in [4.69, 9.17) is 3.07 Å². The van der Waals surface area contributed by atoms with Crippen LogP contribution in [-0.4, -0.2) is 9.55 Å². The van der Waals surface area contributed by atoms with E-state index in [2.05, 4.69) is 4.98 Å². The minimum atomic E-state index is 0.573. The fourth-order valence-corrected chi connectivity index (χ4v) is 0.863. The molecule has 0 aromatic carbocycles. The maximum Gasteiger partial charge on any atom is 0.135 e. The molecule has 1 heterocycles. The molecule has 1 aromatic heterocycles. The van der Waals surface area contributed by atoms with Gasteiger partial charge >= 0.3 is 0 Å². The number of hydrogen-bond acceptors (Lipinski definition) is 2. The second-order valence-corrected chi connectivity index (χ2v) is 2.33. The lowest BCUT2D eigenvalue weighted by Crippen LogP contribution is -1.95. The van der Waals surface area contributed by atoms with Crippen LogP contribution in [0.25, 0.3) is 0 Å². The zero-order valence-electron chi connectivity index (χ0n) is 5.04. The van der Waals surface area contributed by atoms with Gasteiger partial charge in [-0.1, -0.05) is 0 Å². The number of rotatable bonds is 2. The summed E-state index contributed by atoms with van der Waals surface area (Å²) in [6.07, 6.45) is 3.65. The molecule has 0 bridgehead atoms. The highest BCUT2D eigenvalue weighted by Crippen LogP contribution is 1.98. The zero-order chi connectivity index (χ0) is 6.69. The first-order valence-electron chi connectivity index (χ1n) is 2.54. The molecule has 0 fully saturated rings. The summed E-state index contributed by atoms with van der Waals surface area (Å²) in [6, 6.07) is 0. The van der Waals surface area contributed by atoms with E-state index in [1.165, 1.54) is 0 Å². The molecule has 50 valence electrons. The van der Waals surface area contributed by atoms with E-state index in [0.717, 1.165) is 5.82 Å². The number of nitrogens with zero attached hydrogens (tertiary/aromatic N) is 2. The lowest BCUT2D eigenvalue weighted by molar-refractivity contribution is 0.395. The van der Waals surface area contributed by atoms with Crippen LogP contribution in [0.3, 0.4) is 0 Å². The summed E-state index contributed by atoms with van der Waals surface area (Å²) >= 11 is 1.85. The van der Waals surface area contributed by atoms with Crippen LogP contribution < -0.4 is 0 Å². The first-order valence-corrected chi connectivity index (χ1v) is 3.42. The molecule has 0 amide bonds. The van der Waals surface area contributed by atoms with E-state index in [1.54, 1.807) is 6.20 Å². The molecule has 0 saturated carbocycles. The van der Waals surface area contributed by atoms with Crippen LogP contribution in [0.4, 0.5) is 0 Å². The summed E-state index contributed by atoms with van der Waals surface area (Å²) in [4.78, 5) is 4.04. The largest absolute Gasteiger partial charge is 0.336 e. The van der Waals surface area contributed by atoms with Crippen molar-refractivity contribution in [3.63, 3.8) is 0 Å². The fourth-order valence-electron chi connectivity index (χ4n) is 0.584. The molecule has 3 nitrogen and oxygen atoms in total. The summed E-state index contributed by atoms with van der Waals surface area (Å²) in [5.41, 5.74) is 0. The van der Waals surface area contributed by atoms with Crippen molar-refractivity contribution < 1.29 is 3.07 Å². The van der Waals surface area contributed by atoms with E-state index in [9.17, 15) is 0 Å². The molecule has 4 heteroatoms. The first-order chi connectivity index (χ1) is 4.34. The van der Waals surface area contributed by atoms with Crippen molar-refractivity contribution in [1.29, 1.82) is 0 Å². The summed E-state index contributed by atoms with van der Waals surface area (Å²) in [5.74, 6) is 0.949. The van der Waals surface area contributed by atoms with Gasteiger partial charge in [0.25, 0.3) is 0 Å². The Balaban J connectivity index is 2.69. The van der Waals surface area contributed by atoms with Gasteiger partial charge in [-0.25, -0.2) is 4.98 Å². The Morgan fingerprint density at radius 1 is 1.89 bits per heavy atom. The van der Waals surface area contributed by atoms with Gasteiger partial charge in [-0.2, -0.15) is 0 Å². The highest BCUT2D eigenvalue weighted by Gasteiger charge is 1.95. The zero-order valence-corrected chi connectivity index (χ0v) is 7.20. The molecule has 1 rings (SSSR count). The second-order valence-electron chi connectivity index (χ2n) is 1.71. The second kappa shape index (κ2) is 3.17. The highest BCUT2D eigenvalue weighted by atomic mass is 127. The van der Waals surface area contributed by atoms with Crippen LogP contribution >= 0.6 is 23.0 Å². The van der Waals surface area contributed by atoms with Gasteiger partial charge in [0.15, 0.2) is 0 Å². The highest BCUT2D eigenvalue weighted by molar-refractivity contribution is 14.1. The maximum atomic E-state index is 4.85. The number of halogens is 1. The number of imidazole rings is 1. The van der Waals surface area contributed by atoms with Crippen molar-refractivity contribution in [2.75, 3.05) is 0 Å². The predicted octanol–water partition coefficient (Wildman–Crippen LogP) is 1.29. The molecule has 0 saturated heterocycles. The quantitative estimate of drug-likeness (QED) is 0.726. The summed E-state index contributed by atoms with van der Waals surface area (Å²) < 4.78 is 6.78. The van der Waals surface area contributed by atoms with Gasteiger partial charge < -0.3 is 7.63 Å². The van der Waals surface area contributed by atoms with E-state index in [0.29, 0.717) is 6.61 Å². The number of hydrogen-bond donors (Lipinski definition) is 0. The summed E-state index contributed by atoms with van der Waals surface area (Å²) in [5, 5.41) is 0. The van der Waals surface area contributed by atoms with Crippen LogP contribution in [0.1, 0.15) is 5.82 Å². The Morgan fingerprint density at radius 3 is 3.11 bits per heavy atom. The van der Waals surface area contributed by atoms with Crippen LogP contribution in [0.2, 0.25) is 0 Å². The Bertz CT molecular complexity index is 187. The van der Waals surface area contributed by atoms with E-state index in [-0.39, 0.29) is 0 Å².